The summed E-state index contributed by atoms with van der Waals surface area (Å²) in [4.78, 5) is 6.61. The van der Waals surface area contributed by atoms with Crippen molar-refractivity contribution in [3.05, 3.63) is 59.9 Å². The number of pyridine rings is 1. The van der Waals surface area contributed by atoms with Crippen LogP contribution in [-0.2, 0) is 27.6 Å². The van der Waals surface area contributed by atoms with Crippen molar-refractivity contribution < 1.29 is 8.76 Å². The smallest absolute Gasteiger partial charge is 0.145 e. The van der Waals surface area contributed by atoms with Gasteiger partial charge in [0, 0.05) is 30.9 Å². The van der Waals surface area contributed by atoms with E-state index in [1.54, 1.807) is 10.5 Å². The van der Waals surface area contributed by atoms with Crippen molar-refractivity contribution in [1.82, 2.24) is 9.88 Å². The Hall–Kier alpha value is -1.76. The molecule has 2 aliphatic heterocycles. The molecular formula is C19H23N3O2S. The van der Waals surface area contributed by atoms with Crippen molar-refractivity contribution in [1.29, 1.82) is 0 Å². The second-order valence-corrected chi connectivity index (χ2v) is 9.30. The lowest BCUT2D eigenvalue weighted by Crippen LogP contribution is -2.49. The topological polar surface area (TPSA) is 59.5 Å². The molecule has 0 bridgehead atoms. The van der Waals surface area contributed by atoms with E-state index < -0.39 is 10.4 Å². The highest BCUT2D eigenvalue weighted by Gasteiger charge is 2.46. The number of nitrogens with zero attached hydrogens (tertiary/aromatic N) is 3. The van der Waals surface area contributed by atoms with Crippen LogP contribution in [-0.4, -0.2) is 40.3 Å². The number of para-hydroxylation sites is 1. The van der Waals surface area contributed by atoms with Crippen molar-refractivity contribution >= 4 is 16.1 Å². The Morgan fingerprint density at radius 1 is 1.24 bits per heavy atom. The predicted molar refractivity (Wildman–Crippen MR) is 98.8 cm³/mol. The highest BCUT2D eigenvalue weighted by atomic mass is 32.3. The van der Waals surface area contributed by atoms with Crippen molar-refractivity contribution in [2.75, 3.05) is 30.2 Å². The fraction of sp³-hybridized carbons (Fsp3) is 0.421. The molecule has 0 N–H and O–H groups in total. The SMILES string of the molecule is C[S+](=O)([O-])N1CC2(CCN(Cc3cccnc3)C2)Cc2ccccc21. The van der Waals surface area contributed by atoms with E-state index in [1.807, 2.05) is 30.5 Å². The first-order chi connectivity index (χ1) is 12.0. The Morgan fingerprint density at radius 2 is 2.08 bits per heavy atom. The van der Waals surface area contributed by atoms with Gasteiger partial charge in [-0.15, -0.1) is 0 Å². The van der Waals surface area contributed by atoms with Crippen LogP contribution in [0.1, 0.15) is 17.5 Å². The molecule has 0 saturated carbocycles. The van der Waals surface area contributed by atoms with Gasteiger partial charge in [0.05, 0.1) is 12.2 Å². The van der Waals surface area contributed by atoms with E-state index in [-0.39, 0.29) is 5.41 Å². The maximum atomic E-state index is 12.4. The standard InChI is InChI=1S/C19H23N3O2S/c1-25(23,24)22-15-19(11-17-6-2-3-7-18(17)22)8-10-21(14-19)13-16-5-4-9-20-12-16/h2-7,9,12H,8,10-11,13-15H2,1H3. The van der Waals surface area contributed by atoms with Gasteiger partial charge in [0.25, 0.3) is 0 Å². The molecule has 6 heteroatoms. The number of rotatable bonds is 3. The molecule has 2 aromatic rings. The number of hydrogen-bond donors (Lipinski definition) is 0. The van der Waals surface area contributed by atoms with Crippen molar-refractivity contribution in [2.24, 2.45) is 5.41 Å². The summed E-state index contributed by atoms with van der Waals surface area (Å²) < 4.78 is 26.3. The third-order valence-corrected chi connectivity index (χ3v) is 6.48. The quantitative estimate of drug-likeness (QED) is 0.792. The third-order valence-electron chi connectivity index (χ3n) is 5.35. The number of benzene rings is 1. The van der Waals surface area contributed by atoms with Gasteiger partial charge >= 0.3 is 0 Å². The molecular weight excluding hydrogens is 334 g/mol. The number of anilines is 1. The summed E-state index contributed by atoms with van der Waals surface area (Å²) in [5, 5.41) is 0. The molecule has 25 heavy (non-hydrogen) atoms. The normalized spacial score (nSPS) is 25.8. The first-order valence-electron chi connectivity index (χ1n) is 8.62. The molecule has 5 nitrogen and oxygen atoms in total. The summed E-state index contributed by atoms with van der Waals surface area (Å²) >= 11 is 0. The zero-order valence-corrected chi connectivity index (χ0v) is 15.2. The minimum absolute atomic E-state index is 0.000355. The molecule has 1 saturated heterocycles. The van der Waals surface area contributed by atoms with Gasteiger partial charge in [-0.2, -0.15) is 4.31 Å². The van der Waals surface area contributed by atoms with Gasteiger partial charge in [0.15, 0.2) is 0 Å². The molecule has 2 unspecified atom stereocenters. The number of fused-ring (bicyclic) bond motifs is 1. The number of likely N-dealkylation sites (tertiary alicyclic amines) is 1. The van der Waals surface area contributed by atoms with Crippen LogP contribution in [0.4, 0.5) is 5.69 Å². The van der Waals surface area contributed by atoms with Crippen LogP contribution in [0.25, 0.3) is 0 Å². The largest absolute Gasteiger partial charge is 0.593 e. The minimum Gasteiger partial charge on any atom is -0.593 e. The first kappa shape index (κ1) is 16.7. The van der Waals surface area contributed by atoms with Crippen molar-refractivity contribution in [3.63, 3.8) is 0 Å². The minimum atomic E-state index is -3.27. The molecule has 1 spiro atoms. The molecule has 0 amide bonds. The first-order valence-corrected chi connectivity index (χ1v) is 10.5. The van der Waals surface area contributed by atoms with E-state index in [9.17, 15) is 8.76 Å². The Bertz CT molecular complexity index is 807. The van der Waals surface area contributed by atoms with Crippen molar-refractivity contribution in [2.45, 2.75) is 19.4 Å². The predicted octanol–water partition coefficient (Wildman–Crippen LogP) is 2.51. The van der Waals surface area contributed by atoms with Gasteiger partial charge < -0.3 is 4.55 Å². The Morgan fingerprint density at radius 3 is 2.84 bits per heavy atom. The van der Waals surface area contributed by atoms with Gasteiger partial charge in [0.1, 0.15) is 16.7 Å². The zero-order valence-electron chi connectivity index (χ0n) is 14.4. The maximum absolute atomic E-state index is 12.4. The summed E-state index contributed by atoms with van der Waals surface area (Å²) in [6.07, 6.45) is 6.97. The van der Waals surface area contributed by atoms with Crippen LogP contribution >= 0.6 is 0 Å². The monoisotopic (exact) mass is 357 g/mol. The summed E-state index contributed by atoms with van der Waals surface area (Å²) in [6, 6.07) is 12.0. The van der Waals surface area contributed by atoms with Crippen LogP contribution in [0, 0.1) is 5.41 Å². The lowest BCUT2D eigenvalue weighted by Gasteiger charge is -2.42. The van der Waals surface area contributed by atoms with Gasteiger partial charge in [-0.05, 0) is 42.6 Å². The number of hydrogen-bond acceptors (Lipinski definition) is 4. The van der Waals surface area contributed by atoms with Crippen LogP contribution in [0.2, 0.25) is 0 Å². The Balaban J connectivity index is 1.58. The van der Waals surface area contributed by atoms with Crippen LogP contribution in [0.15, 0.2) is 48.8 Å². The Labute approximate surface area is 150 Å². The van der Waals surface area contributed by atoms with Gasteiger partial charge in [-0.3, -0.25) is 9.88 Å². The highest BCUT2D eigenvalue weighted by Crippen LogP contribution is 2.44. The Kier molecular flexibility index (Phi) is 4.14. The molecule has 0 radical (unpaired) electrons. The number of aromatic nitrogens is 1. The second kappa shape index (κ2) is 6.20. The fourth-order valence-electron chi connectivity index (χ4n) is 4.24. The average molecular weight is 357 g/mol. The van der Waals surface area contributed by atoms with Crippen LogP contribution in [0.3, 0.4) is 0 Å². The van der Waals surface area contributed by atoms with Gasteiger partial charge in [-0.1, -0.05) is 28.5 Å². The maximum Gasteiger partial charge on any atom is 0.145 e. The molecule has 3 heterocycles. The van der Waals surface area contributed by atoms with Crippen molar-refractivity contribution in [3.8, 4) is 0 Å². The van der Waals surface area contributed by atoms with E-state index in [2.05, 4.69) is 22.0 Å². The molecule has 1 aromatic heterocycles. The molecule has 1 fully saturated rings. The van der Waals surface area contributed by atoms with E-state index in [1.165, 1.54) is 11.8 Å². The van der Waals surface area contributed by atoms with Crippen LogP contribution < -0.4 is 4.31 Å². The fourth-order valence-corrected chi connectivity index (χ4v) is 5.28. The van der Waals surface area contributed by atoms with Gasteiger partial charge in [-0.25, -0.2) is 0 Å². The van der Waals surface area contributed by atoms with Crippen LogP contribution in [0.5, 0.6) is 0 Å². The summed E-state index contributed by atoms with van der Waals surface area (Å²) in [7, 11) is -3.27. The lowest BCUT2D eigenvalue weighted by molar-refractivity contribution is 0.250. The van der Waals surface area contributed by atoms with Gasteiger partial charge in [0.2, 0.25) is 0 Å². The zero-order chi connectivity index (χ0) is 17.5. The van der Waals surface area contributed by atoms with E-state index in [4.69, 9.17) is 0 Å². The molecule has 0 aliphatic carbocycles. The van der Waals surface area contributed by atoms with E-state index in [0.29, 0.717) is 6.54 Å². The molecule has 4 rings (SSSR count). The third kappa shape index (κ3) is 3.34. The highest BCUT2D eigenvalue weighted by molar-refractivity contribution is 7.98. The molecule has 2 atom stereocenters. The van der Waals surface area contributed by atoms with E-state index >= 15 is 0 Å². The second-order valence-electron chi connectivity index (χ2n) is 7.40. The van der Waals surface area contributed by atoms with E-state index in [0.717, 1.165) is 43.7 Å². The lowest BCUT2D eigenvalue weighted by atomic mass is 9.78. The average Bonchev–Trinajstić information content (AvgIpc) is 2.96. The summed E-state index contributed by atoms with van der Waals surface area (Å²) in [5.74, 6) is 0. The molecule has 132 valence electrons. The number of sulfonamides is 1. The molecule has 2 aliphatic rings. The summed E-state index contributed by atoms with van der Waals surface area (Å²) in [6.45, 7) is 3.36. The summed E-state index contributed by atoms with van der Waals surface area (Å²) in [5.41, 5.74) is 3.19. The molecule has 1 aromatic carbocycles.